The number of halogens is 4. The quantitative estimate of drug-likeness (QED) is 0.556. The predicted octanol–water partition coefficient (Wildman–Crippen LogP) is 4.37. The van der Waals surface area contributed by atoms with Crippen LogP contribution in [0.1, 0.15) is 25.3 Å². The van der Waals surface area contributed by atoms with Crippen LogP contribution in [-0.2, 0) is 9.05 Å². The molecule has 0 bridgehead atoms. The lowest BCUT2D eigenvalue weighted by Crippen LogP contribution is -2.09. The Hall–Kier alpha value is -0.600. The highest BCUT2D eigenvalue weighted by Crippen LogP contribution is 2.32. The maximum atomic E-state index is 12.0. The van der Waals surface area contributed by atoms with Crippen molar-refractivity contribution in [3.8, 4) is 5.75 Å². The van der Waals surface area contributed by atoms with Gasteiger partial charge in [-0.15, -0.1) is 0 Å². The highest BCUT2D eigenvalue weighted by atomic mass is 35.7. The summed E-state index contributed by atoms with van der Waals surface area (Å²) in [6.07, 6.45) is 0. The van der Waals surface area contributed by atoms with Gasteiger partial charge >= 0.3 is 5.51 Å². The molecule has 3 nitrogen and oxygen atoms in total. The minimum atomic E-state index is -4.29. The maximum absolute atomic E-state index is 12.0. The van der Waals surface area contributed by atoms with Gasteiger partial charge in [-0.2, -0.15) is 13.2 Å². The van der Waals surface area contributed by atoms with Crippen LogP contribution in [0.3, 0.4) is 0 Å². The van der Waals surface area contributed by atoms with Crippen molar-refractivity contribution in [2.75, 3.05) is 12.4 Å². The van der Waals surface area contributed by atoms with Gasteiger partial charge in [-0.05, 0) is 41.4 Å². The van der Waals surface area contributed by atoms with Crippen molar-refractivity contribution in [1.29, 1.82) is 0 Å². The van der Waals surface area contributed by atoms with E-state index in [4.69, 9.17) is 15.4 Å². The number of hydrogen-bond acceptors (Lipinski definition) is 4. The normalized spacial score (nSPS) is 12.7. The summed E-state index contributed by atoms with van der Waals surface area (Å²) in [5.41, 5.74) is -3.71. The maximum Gasteiger partial charge on any atom is 0.441 e. The minimum absolute atomic E-state index is 0.0614. The average Bonchev–Trinajstić information content (AvgIpc) is 2.32. The molecule has 0 aliphatic rings. The molecule has 0 heterocycles. The molecular weight excluding hydrogens is 349 g/mol. The van der Waals surface area contributed by atoms with E-state index in [1.807, 2.05) is 13.8 Å². The van der Waals surface area contributed by atoms with E-state index in [0.29, 0.717) is 11.3 Å². The molecule has 0 amide bonds. The number of alkyl halides is 3. The topological polar surface area (TPSA) is 43.4 Å². The largest absolute Gasteiger partial charge is 0.492 e. The van der Waals surface area contributed by atoms with E-state index < -0.39 is 14.6 Å². The zero-order chi connectivity index (χ0) is 16.3. The third-order valence-electron chi connectivity index (χ3n) is 2.49. The molecule has 120 valence electrons. The first-order valence-corrected chi connectivity index (χ1v) is 9.22. The lowest BCUT2D eigenvalue weighted by atomic mass is 10.0. The average molecular weight is 363 g/mol. The Labute approximate surface area is 130 Å². The van der Waals surface area contributed by atoms with Gasteiger partial charge in [-0.3, -0.25) is 0 Å². The summed E-state index contributed by atoms with van der Waals surface area (Å²) in [7, 11) is 1.41. The monoisotopic (exact) mass is 362 g/mol. The molecule has 1 aromatic rings. The molecule has 21 heavy (non-hydrogen) atoms. The van der Waals surface area contributed by atoms with E-state index in [1.165, 1.54) is 18.2 Å². The van der Waals surface area contributed by atoms with Crippen LogP contribution in [0.15, 0.2) is 23.1 Å². The van der Waals surface area contributed by atoms with Crippen LogP contribution < -0.4 is 4.74 Å². The van der Waals surface area contributed by atoms with Gasteiger partial charge in [-0.1, -0.05) is 13.8 Å². The Bertz CT molecular complexity index is 586. The molecule has 0 aliphatic carbocycles. The summed E-state index contributed by atoms with van der Waals surface area (Å²) in [4.78, 5) is -0.0649. The first kappa shape index (κ1) is 18.4. The first-order chi connectivity index (χ1) is 9.50. The molecule has 0 atom stereocenters. The molecule has 1 aromatic carbocycles. The molecule has 0 saturated carbocycles. The summed E-state index contributed by atoms with van der Waals surface area (Å²) in [6, 6.07) is 4.04. The number of thioether (sulfide) groups is 1. The standard InChI is InChI=1S/C12H14ClF3O3S2/c1-8(2)10-7-9(21(13,17)18)3-4-11(10)19-5-6-20-12(14,15)16/h3-4,7-8H,5-6H2,1-2H3. The zero-order valence-corrected chi connectivity index (χ0v) is 13.7. The van der Waals surface area contributed by atoms with E-state index in [1.54, 1.807) is 0 Å². The summed E-state index contributed by atoms with van der Waals surface area (Å²) in [5, 5.41) is 0. The summed E-state index contributed by atoms with van der Waals surface area (Å²) in [6.45, 7) is 3.51. The summed E-state index contributed by atoms with van der Waals surface area (Å²) < 4.78 is 63.9. The number of hydrogen-bond donors (Lipinski definition) is 0. The fourth-order valence-corrected chi connectivity index (χ4v) is 2.75. The Kier molecular flexibility index (Phi) is 6.24. The van der Waals surface area contributed by atoms with E-state index in [2.05, 4.69) is 0 Å². The second-order valence-corrected chi connectivity index (χ2v) is 8.16. The Morgan fingerprint density at radius 3 is 2.43 bits per heavy atom. The van der Waals surface area contributed by atoms with E-state index in [0.717, 1.165) is 0 Å². The van der Waals surface area contributed by atoms with Crippen LogP contribution in [0.5, 0.6) is 5.75 Å². The molecule has 0 fully saturated rings. The van der Waals surface area contributed by atoms with Crippen molar-refractivity contribution in [2.45, 2.75) is 30.2 Å². The van der Waals surface area contributed by atoms with Crippen LogP contribution in [-0.4, -0.2) is 26.3 Å². The first-order valence-electron chi connectivity index (χ1n) is 5.93. The van der Waals surface area contributed by atoms with Crippen LogP contribution >= 0.6 is 22.4 Å². The fourth-order valence-electron chi connectivity index (χ4n) is 1.57. The van der Waals surface area contributed by atoms with Gasteiger partial charge in [0.2, 0.25) is 0 Å². The summed E-state index contributed by atoms with van der Waals surface area (Å²) >= 11 is -0.168. The van der Waals surface area contributed by atoms with Crippen LogP contribution in [0.25, 0.3) is 0 Å². The van der Waals surface area contributed by atoms with Crippen LogP contribution in [0.2, 0.25) is 0 Å². The van der Waals surface area contributed by atoms with Crippen LogP contribution in [0.4, 0.5) is 13.2 Å². The number of ether oxygens (including phenoxy) is 1. The molecule has 0 unspecified atom stereocenters. The van der Waals surface area contributed by atoms with Crippen LogP contribution in [0, 0.1) is 0 Å². The Morgan fingerprint density at radius 2 is 1.95 bits per heavy atom. The molecule has 0 radical (unpaired) electrons. The van der Waals surface area contributed by atoms with E-state index >= 15 is 0 Å². The Balaban J connectivity index is 2.83. The van der Waals surface area contributed by atoms with Crippen molar-refractivity contribution in [3.63, 3.8) is 0 Å². The van der Waals surface area contributed by atoms with E-state index in [9.17, 15) is 21.6 Å². The van der Waals surface area contributed by atoms with Gasteiger partial charge in [-0.25, -0.2) is 8.42 Å². The highest BCUT2D eigenvalue weighted by Gasteiger charge is 2.27. The van der Waals surface area contributed by atoms with Gasteiger partial charge in [0.1, 0.15) is 5.75 Å². The summed E-state index contributed by atoms with van der Waals surface area (Å²) in [5.74, 6) is 0.0572. The lowest BCUT2D eigenvalue weighted by molar-refractivity contribution is -0.0329. The second-order valence-electron chi connectivity index (χ2n) is 4.43. The zero-order valence-electron chi connectivity index (χ0n) is 11.3. The molecule has 9 heteroatoms. The van der Waals surface area contributed by atoms with Gasteiger partial charge in [0, 0.05) is 16.4 Å². The van der Waals surface area contributed by atoms with Crippen molar-refractivity contribution < 1.29 is 26.3 Å². The second kappa shape index (κ2) is 7.11. The SMILES string of the molecule is CC(C)c1cc(S(=O)(=O)Cl)ccc1OCCSC(F)(F)F. The van der Waals surface area contributed by atoms with Crippen molar-refractivity contribution in [1.82, 2.24) is 0 Å². The molecule has 0 saturated heterocycles. The Morgan fingerprint density at radius 1 is 1.33 bits per heavy atom. The van der Waals surface area contributed by atoms with Crippen molar-refractivity contribution in [2.24, 2.45) is 0 Å². The molecule has 0 aromatic heterocycles. The smallest absolute Gasteiger partial charge is 0.441 e. The van der Waals surface area contributed by atoms with Gasteiger partial charge in [0.05, 0.1) is 11.5 Å². The highest BCUT2D eigenvalue weighted by molar-refractivity contribution is 8.13. The third-order valence-corrected chi connectivity index (χ3v) is 4.54. The predicted molar refractivity (Wildman–Crippen MR) is 77.6 cm³/mol. The number of benzene rings is 1. The van der Waals surface area contributed by atoms with Gasteiger partial charge in [0.15, 0.2) is 0 Å². The molecule has 1 rings (SSSR count). The van der Waals surface area contributed by atoms with Gasteiger partial charge in [0.25, 0.3) is 9.05 Å². The molecule has 0 aliphatic heterocycles. The fraction of sp³-hybridized carbons (Fsp3) is 0.500. The van der Waals surface area contributed by atoms with Gasteiger partial charge < -0.3 is 4.74 Å². The van der Waals surface area contributed by atoms with E-state index in [-0.39, 0.29) is 34.9 Å². The number of rotatable bonds is 6. The minimum Gasteiger partial charge on any atom is -0.492 e. The third kappa shape index (κ3) is 6.36. The lowest BCUT2D eigenvalue weighted by Gasteiger charge is -2.15. The molecule has 0 N–H and O–H groups in total. The van der Waals surface area contributed by atoms with Crippen molar-refractivity contribution in [3.05, 3.63) is 23.8 Å². The molecule has 0 spiro atoms. The van der Waals surface area contributed by atoms with Crippen molar-refractivity contribution >= 4 is 31.5 Å². The molecular formula is C12H14ClF3O3S2.